The molecule has 0 aliphatic carbocycles. The molecule has 3 heteroatoms. The maximum absolute atomic E-state index is 5.64. The fraction of sp³-hybridized carbons (Fsp3) is 0.250. The number of anilines is 2. The number of nitrogens with two attached hydrogens (primary N) is 3. The lowest BCUT2D eigenvalue weighted by atomic mass is 10.1. The van der Waals surface area contributed by atoms with Crippen molar-refractivity contribution in [3.63, 3.8) is 0 Å². The van der Waals surface area contributed by atoms with Crippen LogP contribution in [0.5, 0.6) is 0 Å². The van der Waals surface area contributed by atoms with Gasteiger partial charge in [-0.25, -0.2) is 0 Å². The van der Waals surface area contributed by atoms with E-state index < -0.39 is 0 Å². The number of hydrogen-bond acceptors (Lipinski definition) is 3. The Bertz CT molecular complexity index is 235. The molecule has 1 atom stereocenters. The summed E-state index contributed by atoms with van der Waals surface area (Å²) in [6, 6.07) is 5.37. The Morgan fingerprint density at radius 3 is 1.91 bits per heavy atom. The molecule has 1 aromatic rings. The highest BCUT2D eigenvalue weighted by atomic mass is 14.6. The normalized spacial score (nSPS) is 12.9. The Hall–Kier alpha value is -1.22. The van der Waals surface area contributed by atoms with E-state index in [0.29, 0.717) is 11.4 Å². The molecule has 0 saturated heterocycles. The molecule has 1 aromatic carbocycles. The number of nitrogen functional groups attached to an aromatic ring is 2. The molecule has 1 rings (SSSR count). The summed E-state index contributed by atoms with van der Waals surface area (Å²) in [6.45, 7) is 1.90. The van der Waals surface area contributed by atoms with Gasteiger partial charge in [-0.2, -0.15) is 0 Å². The first-order chi connectivity index (χ1) is 5.09. The standard InChI is InChI=1S/C8H13N3/c1-5(9)6-2-7(10)4-8(11)3-6/h2-5H,9-11H2,1H3. The van der Waals surface area contributed by atoms with Crippen LogP contribution >= 0.6 is 0 Å². The molecular formula is C8H13N3. The van der Waals surface area contributed by atoms with E-state index in [1.165, 1.54) is 0 Å². The van der Waals surface area contributed by atoms with Crippen molar-refractivity contribution < 1.29 is 0 Å². The molecule has 0 fully saturated rings. The van der Waals surface area contributed by atoms with Gasteiger partial charge in [0, 0.05) is 17.4 Å². The number of hydrogen-bond donors (Lipinski definition) is 3. The minimum absolute atomic E-state index is 0.0131. The third-order valence-electron chi connectivity index (χ3n) is 1.53. The zero-order chi connectivity index (χ0) is 8.43. The summed E-state index contributed by atoms with van der Waals surface area (Å²) in [4.78, 5) is 0. The summed E-state index contributed by atoms with van der Waals surface area (Å²) in [7, 11) is 0. The Morgan fingerprint density at radius 2 is 1.55 bits per heavy atom. The molecule has 0 heterocycles. The van der Waals surface area contributed by atoms with Crippen LogP contribution < -0.4 is 17.2 Å². The van der Waals surface area contributed by atoms with Gasteiger partial charge < -0.3 is 17.2 Å². The third kappa shape index (κ3) is 1.85. The summed E-state index contributed by atoms with van der Waals surface area (Å²) >= 11 is 0. The van der Waals surface area contributed by atoms with Gasteiger partial charge in [0.1, 0.15) is 0 Å². The Balaban J connectivity index is 3.08. The topological polar surface area (TPSA) is 78.1 Å². The summed E-state index contributed by atoms with van der Waals surface area (Å²) in [5.74, 6) is 0. The lowest BCUT2D eigenvalue weighted by Crippen LogP contribution is -2.06. The molecule has 0 amide bonds. The quantitative estimate of drug-likeness (QED) is 0.521. The van der Waals surface area contributed by atoms with Gasteiger partial charge in [0.2, 0.25) is 0 Å². The molecule has 0 saturated carbocycles. The minimum Gasteiger partial charge on any atom is -0.399 e. The first-order valence-electron chi connectivity index (χ1n) is 3.51. The van der Waals surface area contributed by atoms with Crippen molar-refractivity contribution in [2.75, 3.05) is 11.5 Å². The van der Waals surface area contributed by atoms with E-state index in [-0.39, 0.29) is 6.04 Å². The van der Waals surface area contributed by atoms with Gasteiger partial charge >= 0.3 is 0 Å². The Labute approximate surface area is 66.2 Å². The van der Waals surface area contributed by atoms with E-state index in [4.69, 9.17) is 17.2 Å². The molecular weight excluding hydrogens is 138 g/mol. The van der Waals surface area contributed by atoms with Crippen LogP contribution in [-0.2, 0) is 0 Å². The highest BCUT2D eigenvalue weighted by Crippen LogP contribution is 2.17. The van der Waals surface area contributed by atoms with E-state index >= 15 is 0 Å². The molecule has 60 valence electrons. The maximum atomic E-state index is 5.64. The zero-order valence-corrected chi connectivity index (χ0v) is 6.54. The van der Waals surface area contributed by atoms with Crippen molar-refractivity contribution in [1.29, 1.82) is 0 Å². The van der Waals surface area contributed by atoms with E-state index in [0.717, 1.165) is 5.56 Å². The van der Waals surface area contributed by atoms with Gasteiger partial charge in [-0.3, -0.25) is 0 Å². The van der Waals surface area contributed by atoms with Crippen molar-refractivity contribution in [1.82, 2.24) is 0 Å². The molecule has 0 aliphatic heterocycles. The first kappa shape index (κ1) is 7.88. The fourth-order valence-corrected chi connectivity index (χ4v) is 0.965. The summed E-state index contributed by atoms with van der Waals surface area (Å²) < 4.78 is 0. The van der Waals surface area contributed by atoms with Gasteiger partial charge in [-0.15, -0.1) is 0 Å². The van der Waals surface area contributed by atoms with Crippen LogP contribution in [0.2, 0.25) is 0 Å². The molecule has 6 N–H and O–H groups in total. The molecule has 0 aliphatic rings. The van der Waals surface area contributed by atoms with Gasteiger partial charge in [0.25, 0.3) is 0 Å². The van der Waals surface area contributed by atoms with Crippen molar-refractivity contribution in [3.05, 3.63) is 23.8 Å². The SMILES string of the molecule is CC(N)c1cc(N)cc(N)c1. The Morgan fingerprint density at radius 1 is 1.09 bits per heavy atom. The predicted octanol–water partition coefficient (Wildman–Crippen LogP) is 0.871. The average Bonchev–Trinajstić information content (AvgIpc) is 1.85. The van der Waals surface area contributed by atoms with Gasteiger partial charge in [0.15, 0.2) is 0 Å². The Kier molecular flexibility index (Phi) is 2.01. The maximum Gasteiger partial charge on any atom is 0.0338 e. The van der Waals surface area contributed by atoms with Crippen LogP contribution in [0.25, 0.3) is 0 Å². The van der Waals surface area contributed by atoms with E-state index in [2.05, 4.69) is 0 Å². The van der Waals surface area contributed by atoms with Crippen LogP contribution in [0.15, 0.2) is 18.2 Å². The lowest BCUT2D eigenvalue weighted by Gasteiger charge is -2.07. The van der Waals surface area contributed by atoms with Crippen LogP contribution in [0, 0.1) is 0 Å². The number of benzene rings is 1. The largest absolute Gasteiger partial charge is 0.399 e. The second kappa shape index (κ2) is 2.80. The van der Waals surface area contributed by atoms with Crippen molar-refractivity contribution in [3.8, 4) is 0 Å². The van der Waals surface area contributed by atoms with Crippen molar-refractivity contribution in [2.24, 2.45) is 5.73 Å². The molecule has 3 nitrogen and oxygen atoms in total. The van der Waals surface area contributed by atoms with Crippen molar-refractivity contribution in [2.45, 2.75) is 13.0 Å². The third-order valence-corrected chi connectivity index (χ3v) is 1.53. The van der Waals surface area contributed by atoms with Crippen molar-refractivity contribution >= 4 is 11.4 Å². The smallest absolute Gasteiger partial charge is 0.0338 e. The van der Waals surface area contributed by atoms with Gasteiger partial charge in [0.05, 0.1) is 0 Å². The zero-order valence-electron chi connectivity index (χ0n) is 6.54. The monoisotopic (exact) mass is 151 g/mol. The highest BCUT2D eigenvalue weighted by Gasteiger charge is 2.00. The molecule has 0 aromatic heterocycles. The molecule has 0 radical (unpaired) electrons. The fourth-order valence-electron chi connectivity index (χ4n) is 0.965. The summed E-state index contributed by atoms with van der Waals surface area (Å²) in [5, 5.41) is 0. The second-order valence-electron chi connectivity index (χ2n) is 2.72. The molecule has 11 heavy (non-hydrogen) atoms. The number of rotatable bonds is 1. The van der Waals surface area contributed by atoms with Gasteiger partial charge in [-0.05, 0) is 30.7 Å². The van der Waals surface area contributed by atoms with E-state index in [9.17, 15) is 0 Å². The van der Waals surface area contributed by atoms with Crippen LogP contribution in [0.1, 0.15) is 18.5 Å². The van der Waals surface area contributed by atoms with Crippen LogP contribution in [0.3, 0.4) is 0 Å². The summed E-state index contributed by atoms with van der Waals surface area (Å²) in [6.07, 6.45) is 0. The average molecular weight is 151 g/mol. The summed E-state index contributed by atoms with van der Waals surface area (Å²) in [5.41, 5.74) is 19.1. The molecule has 0 spiro atoms. The molecule has 0 bridgehead atoms. The first-order valence-corrected chi connectivity index (χ1v) is 3.51. The van der Waals surface area contributed by atoms with E-state index in [1.54, 1.807) is 6.07 Å². The second-order valence-corrected chi connectivity index (χ2v) is 2.72. The van der Waals surface area contributed by atoms with Crippen LogP contribution in [0.4, 0.5) is 11.4 Å². The predicted molar refractivity (Wildman–Crippen MR) is 47.9 cm³/mol. The minimum atomic E-state index is -0.0131. The van der Waals surface area contributed by atoms with Gasteiger partial charge in [-0.1, -0.05) is 0 Å². The van der Waals surface area contributed by atoms with Crippen LogP contribution in [-0.4, -0.2) is 0 Å². The molecule has 1 unspecified atom stereocenters. The lowest BCUT2D eigenvalue weighted by molar-refractivity contribution is 0.819. The highest BCUT2D eigenvalue weighted by molar-refractivity contribution is 5.54. The van der Waals surface area contributed by atoms with E-state index in [1.807, 2.05) is 19.1 Å².